The van der Waals surface area contributed by atoms with E-state index in [1.54, 1.807) is 0 Å². The van der Waals surface area contributed by atoms with Gasteiger partial charge >= 0.3 is 156 Å². The van der Waals surface area contributed by atoms with Crippen molar-refractivity contribution in [2.24, 2.45) is 0 Å². The molecule has 3 aromatic heterocycles. The molecule has 0 spiro atoms. The van der Waals surface area contributed by atoms with Crippen LogP contribution in [0, 0.1) is 12.1 Å². The Balaban J connectivity index is 0.000000188. The quantitative estimate of drug-likeness (QED) is 0.0706. The molecule has 6 aromatic carbocycles. The molecule has 0 fully saturated rings. The number of hydrogen-bond acceptors (Lipinski definition) is 6. The maximum absolute atomic E-state index is 11.9. The molecule has 0 aliphatic rings. The second-order valence-corrected chi connectivity index (χ2v) is 26.7. The molecular formula is C53H44GeIrN2O4-2. The number of pyridine rings is 2. The molecule has 305 valence electrons. The zero-order valence-corrected chi connectivity index (χ0v) is 39.1. The predicted octanol–water partition coefficient (Wildman–Crippen LogP) is 13.3. The van der Waals surface area contributed by atoms with E-state index < -0.39 is 19.2 Å². The van der Waals surface area contributed by atoms with Crippen LogP contribution < -0.4 is 4.40 Å². The summed E-state index contributed by atoms with van der Waals surface area (Å²) >= 11 is -1.91. The Morgan fingerprint density at radius 1 is 0.689 bits per heavy atom. The van der Waals surface area contributed by atoms with Crippen LogP contribution >= 0.6 is 0 Å². The molecule has 9 rings (SSSR count). The average Bonchev–Trinajstić information content (AvgIpc) is 3.67. The van der Waals surface area contributed by atoms with Crippen LogP contribution in [0.5, 0.6) is 0 Å². The number of aromatic nitrogens is 2. The number of nitrogens with zero attached hydrogens (tertiary/aromatic N) is 2. The first-order chi connectivity index (χ1) is 29.1. The minimum Gasteiger partial charge on any atom is 0 e. The van der Waals surface area contributed by atoms with E-state index in [4.69, 9.17) is 9.67 Å². The van der Waals surface area contributed by atoms with E-state index in [9.17, 15) is 4.79 Å². The Kier molecular flexibility index (Phi) is 13.3. The number of fused-ring (bicyclic) bond motifs is 3. The van der Waals surface area contributed by atoms with Gasteiger partial charge in [-0.1, -0.05) is 91.0 Å². The minimum absolute atomic E-state index is 0. The van der Waals surface area contributed by atoms with Gasteiger partial charge in [-0.15, -0.1) is 18.2 Å². The van der Waals surface area contributed by atoms with Gasteiger partial charge in [0.25, 0.3) is 0 Å². The number of carbonyl (C=O) groups is 1. The Morgan fingerprint density at radius 2 is 1.38 bits per heavy atom. The van der Waals surface area contributed by atoms with E-state index in [1.165, 1.54) is 38.3 Å². The summed E-state index contributed by atoms with van der Waals surface area (Å²) < 4.78 is 7.68. The van der Waals surface area contributed by atoms with Gasteiger partial charge in [0, 0.05) is 31.7 Å². The van der Waals surface area contributed by atoms with Crippen LogP contribution in [0.1, 0.15) is 35.7 Å². The Labute approximate surface area is 373 Å². The third kappa shape index (κ3) is 9.51. The van der Waals surface area contributed by atoms with Crippen LogP contribution in [-0.2, 0) is 25.0 Å². The molecule has 61 heavy (non-hydrogen) atoms. The third-order valence-corrected chi connectivity index (χ3v) is 14.9. The van der Waals surface area contributed by atoms with Crippen LogP contribution in [0.25, 0.3) is 77.8 Å². The van der Waals surface area contributed by atoms with Crippen molar-refractivity contribution < 1.29 is 39.5 Å². The zero-order valence-electron chi connectivity index (χ0n) is 34.6. The van der Waals surface area contributed by atoms with Crippen LogP contribution in [0.2, 0.25) is 17.3 Å². The van der Waals surface area contributed by atoms with Gasteiger partial charge in [-0.05, 0) is 58.1 Å². The summed E-state index contributed by atoms with van der Waals surface area (Å²) in [5.74, 6) is 6.60. The van der Waals surface area contributed by atoms with Gasteiger partial charge in [-0.25, -0.2) is 0 Å². The molecule has 0 aliphatic heterocycles. The predicted molar refractivity (Wildman–Crippen MR) is 246 cm³/mol. The van der Waals surface area contributed by atoms with Gasteiger partial charge < -0.3 is 9.40 Å². The molecule has 1 N–H and O–H groups in total. The zero-order chi connectivity index (χ0) is 41.8. The summed E-state index contributed by atoms with van der Waals surface area (Å²) in [6, 6.07) is 57.3. The van der Waals surface area contributed by atoms with Crippen molar-refractivity contribution in [3.63, 3.8) is 0 Å². The second-order valence-electron chi connectivity index (χ2n) is 16.1. The summed E-state index contributed by atoms with van der Waals surface area (Å²) in [7, 11) is 0. The number of benzene rings is 6. The van der Waals surface area contributed by atoms with Gasteiger partial charge in [0.2, 0.25) is 0 Å². The van der Waals surface area contributed by atoms with Crippen molar-refractivity contribution in [1.82, 2.24) is 9.97 Å². The summed E-state index contributed by atoms with van der Waals surface area (Å²) in [5, 5.41) is 11.0. The van der Waals surface area contributed by atoms with E-state index in [0.29, 0.717) is 11.5 Å². The van der Waals surface area contributed by atoms with Crippen LogP contribution in [-0.4, -0.2) is 34.5 Å². The van der Waals surface area contributed by atoms with Crippen molar-refractivity contribution >= 4 is 45.6 Å². The van der Waals surface area contributed by atoms with Gasteiger partial charge in [0.15, 0.2) is 0 Å². The first-order valence-electron chi connectivity index (χ1n) is 20.0. The molecule has 0 saturated heterocycles. The largest absolute Gasteiger partial charge is 0 e. The maximum atomic E-state index is 11.9. The SMILES string of the molecule is CC(C)c1ccnc(-c2[c-]ccc3c2oc2ccc(-c4cccc(-c5ccccc5)c4)cc23)c1.[CH3][Ge]([CH3])([CH3])[c]1ccc(-c2[c-]cc(C(=O)OO)c(-c3ccccc3)c2)nc1.[Ir]. The Morgan fingerprint density at radius 3 is 2.05 bits per heavy atom. The van der Waals surface area contributed by atoms with Gasteiger partial charge in [-0.2, -0.15) is 0 Å². The molecule has 0 atom stereocenters. The van der Waals surface area contributed by atoms with Crippen LogP contribution in [0.3, 0.4) is 0 Å². The molecule has 0 bridgehead atoms. The fourth-order valence-corrected chi connectivity index (χ4v) is 9.45. The normalized spacial score (nSPS) is 11.2. The fraction of sp³-hybridized carbons (Fsp3) is 0.113. The molecular weight excluding hydrogens is 993 g/mol. The van der Waals surface area contributed by atoms with Crippen molar-refractivity contribution in [2.75, 3.05) is 0 Å². The summed E-state index contributed by atoms with van der Waals surface area (Å²) in [4.78, 5) is 25.1. The molecule has 0 unspecified atom stereocenters. The number of rotatable bonds is 8. The summed E-state index contributed by atoms with van der Waals surface area (Å²) in [6.07, 6.45) is 3.82. The van der Waals surface area contributed by atoms with E-state index in [2.05, 4.69) is 149 Å². The summed E-state index contributed by atoms with van der Waals surface area (Å²) in [5.41, 5.74) is 12.9. The molecule has 8 heteroatoms. The Hall–Kier alpha value is -5.96. The van der Waals surface area contributed by atoms with E-state index >= 15 is 0 Å². The maximum Gasteiger partial charge on any atom is 0 e. The fourth-order valence-electron chi connectivity index (χ4n) is 7.27. The van der Waals surface area contributed by atoms with Gasteiger partial charge in [-0.3, -0.25) is 0 Å². The van der Waals surface area contributed by atoms with Crippen molar-refractivity contribution in [2.45, 2.75) is 37.0 Å². The third-order valence-electron chi connectivity index (χ3n) is 10.7. The monoisotopic (exact) mass is 1040 g/mol. The molecule has 6 nitrogen and oxygen atoms in total. The van der Waals surface area contributed by atoms with Crippen LogP contribution in [0.4, 0.5) is 0 Å². The molecule has 0 saturated carbocycles. The Bertz CT molecular complexity index is 2940. The first-order valence-corrected chi connectivity index (χ1v) is 27.3. The topological polar surface area (TPSA) is 85.5 Å². The molecule has 1 radical (unpaired) electrons. The van der Waals surface area contributed by atoms with Crippen LogP contribution in [0.15, 0.2) is 168 Å². The molecule has 3 heterocycles. The van der Waals surface area contributed by atoms with E-state index in [0.717, 1.165) is 50.0 Å². The smallest absolute Gasteiger partial charge is 0 e. The average molecular weight is 1040 g/mol. The second kappa shape index (κ2) is 18.8. The van der Waals surface area contributed by atoms with Crippen molar-refractivity contribution in [3.05, 3.63) is 187 Å². The van der Waals surface area contributed by atoms with E-state index in [-0.39, 0.29) is 25.7 Å². The van der Waals surface area contributed by atoms with E-state index in [1.807, 2.05) is 67.0 Å². The van der Waals surface area contributed by atoms with Gasteiger partial charge in [0.1, 0.15) is 5.58 Å². The molecule has 0 amide bonds. The standard InChI is InChI=1S/C32H24NO.C21H20GeNO3.Ir/c1-21(2)23-16-17-33-30(20-23)28-13-7-12-27-29-19-26(14-15-31(29)34-32(27)28)25-11-6-10-24(18-25)22-8-4-3-5-9-22;1-22(2,3)17-10-12-20(23-14-17)16-9-11-18(21(24)26-25)19(13-16)15-7-5-4-6-8-15;/h3-12,14-21H,1-2H3;4-8,10-14,25H,1-3H3;/q2*-1;. The minimum atomic E-state index is -1.91. The number of hydrogen-bond donors (Lipinski definition) is 1. The number of furan rings is 1. The molecule has 9 aromatic rings. The molecule has 0 aliphatic carbocycles. The first kappa shape index (κ1) is 43.1. The van der Waals surface area contributed by atoms with Crippen molar-refractivity contribution in [1.29, 1.82) is 0 Å². The number of carbonyl (C=O) groups excluding carboxylic acids is 1. The van der Waals surface area contributed by atoms with Gasteiger partial charge in [0.05, 0.1) is 5.58 Å². The summed E-state index contributed by atoms with van der Waals surface area (Å²) in [6.45, 7) is 4.39. The van der Waals surface area contributed by atoms with Crippen molar-refractivity contribution in [3.8, 4) is 55.9 Å².